The van der Waals surface area contributed by atoms with Crippen LogP contribution in [0.3, 0.4) is 0 Å². The quantitative estimate of drug-likeness (QED) is 0.808. The van der Waals surface area contributed by atoms with Crippen molar-refractivity contribution < 1.29 is 0 Å². The smallest absolute Gasteiger partial charge is 0.0414 e. The number of nitrogens with one attached hydrogen (secondary N) is 1. The van der Waals surface area contributed by atoms with E-state index in [9.17, 15) is 0 Å². The van der Waals surface area contributed by atoms with Gasteiger partial charge in [-0.25, -0.2) is 0 Å². The zero-order valence-corrected chi connectivity index (χ0v) is 12.2. The maximum atomic E-state index is 3.93. The van der Waals surface area contributed by atoms with Crippen molar-refractivity contribution in [2.45, 2.75) is 64.0 Å². The third-order valence-corrected chi connectivity index (χ3v) is 5.72. The van der Waals surface area contributed by atoms with Crippen LogP contribution in [0, 0.1) is 11.8 Å². The van der Waals surface area contributed by atoms with Crippen LogP contribution in [0.25, 0.3) is 0 Å². The van der Waals surface area contributed by atoms with Gasteiger partial charge >= 0.3 is 0 Å². The van der Waals surface area contributed by atoms with Gasteiger partial charge in [0, 0.05) is 17.0 Å². The Balaban J connectivity index is 1.57. The molecule has 0 radical (unpaired) electrons. The Morgan fingerprint density at radius 1 is 1.28 bits per heavy atom. The van der Waals surface area contributed by atoms with Gasteiger partial charge in [0.05, 0.1) is 0 Å². The minimum atomic E-state index is 0.591. The van der Waals surface area contributed by atoms with Crippen molar-refractivity contribution in [3.05, 3.63) is 22.4 Å². The summed E-state index contributed by atoms with van der Waals surface area (Å²) in [5.41, 5.74) is 0. The van der Waals surface area contributed by atoms with E-state index in [2.05, 4.69) is 29.8 Å². The standard InChI is InChI=1S/C16H25NS/c1-2-15(16-7-4-10-18-16)17-14-6-3-5-13(11-14)12-8-9-12/h4,7,10,12-15,17H,2-3,5-6,8-9,11H2,1H3. The fraction of sp³-hybridized carbons (Fsp3) is 0.750. The summed E-state index contributed by atoms with van der Waals surface area (Å²) < 4.78 is 0. The summed E-state index contributed by atoms with van der Waals surface area (Å²) in [6.07, 6.45) is 10.0. The lowest BCUT2D eigenvalue weighted by molar-refractivity contribution is 0.245. The van der Waals surface area contributed by atoms with Gasteiger partial charge in [0.2, 0.25) is 0 Å². The minimum absolute atomic E-state index is 0.591. The first-order chi connectivity index (χ1) is 8.86. The van der Waals surface area contributed by atoms with Gasteiger partial charge in [-0.2, -0.15) is 0 Å². The second-order valence-corrected chi connectivity index (χ2v) is 7.08. The SMILES string of the molecule is CCC(NC1CCCC(C2CC2)C1)c1cccs1. The summed E-state index contributed by atoms with van der Waals surface area (Å²) in [4.78, 5) is 1.52. The third kappa shape index (κ3) is 2.97. The minimum Gasteiger partial charge on any atom is -0.306 e. The highest BCUT2D eigenvalue weighted by Gasteiger charge is 2.35. The molecule has 3 unspecified atom stereocenters. The van der Waals surface area contributed by atoms with Crippen molar-refractivity contribution in [3.63, 3.8) is 0 Å². The Bertz CT molecular complexity index is 355. The molecular formula is C16H25NS. The maximum absolute atomic E-state index is 3.93. The first kappa shape index (κ1) is 12.7. The van der Waals surface area contributed by atoms with Gasteiger partial charge in [-0.15, -0.1) is 11.3 Å². The summed E-state index contributed by atoms with van der Waals surface area (Å²) in [6, 6.07) is 5.83. The summed E-state index contributed by atoms with van der Waals surface area (Å²) in [5.74, 6) is 2.13. The van der Waals surface area contributed by atoms with Crippen molar-refractivity contribution in [1.82, 2.24) is 5.32 Å². The van der Waals surface area contributed by atoms with Gasteiger partial charge in [0.25, 0.3) is 0 Å². The molecule has 100 valence electrons. The van der Waals surface area contributed by atoms with Crippen LogP contribution in [-0.4, -0.2) is 6.04 Å². The summed E-state index contributed by atoms with van der Waals surface area (Å²) in [6.45, 7) is 2.30. The molecule has 1 nitrogen and oxygen atoms in total. The highest BCUT2D eigenvalue weighted by molar-refractivity contribution is 7.10. The fourth-order valence-electron chi connectivity index (χ4n) is 3.55. The van der Waals surface area contributed by atoms with Crippen LogP contribution in [0.5, 0.6) is 0 Å². The average Bonchev–Trinajstić information content (AvgIpc) is 3.12. The van der Waals surface area contributed by atoms with Gasteiger partial charge in [-0.1, -0.05) is 25.8 Å². The number of hydrogen-bond donors (Lipinski definition) is 1. The monoisotopic (exact) mass is 263 g/mol. The van der Waals surface area contributed by atoms with E-state index in [1.54, 1.807) is 0 Å². The van der Waals surface area contributed by atoms with Crippen molar-refractivity contribution in [3.8, 4) is 0 Å². The number of rotatable bonds is 5. The summed E-state index contributed by atoms with van der Waals surface area (Å²) in [7, 11) is 0. The maximum Gasteiger partial charge on any atom is 0.0414 e. The van der Waals surface area contributed by atoms with Gasteiger partial charge in [0.1, 0.15) is 0 Å². The van der Waals surface area contributed by atoms with Crippen LogP contribution >= 0.6 is 11.3 Å². The van der Waals surface area contributed by atoms with Crippen LogP contribution in [-0.2, 0) is 0 Å². The summed E-state index contributed by atoms with van der Waals surface area (Å²) in [5, 5.41) is 6.13. The Labute approximate surface area is 115 Å². The molecule has 0 amide bonds. The van der Waals surface area contributed by atoms with Crippen molar-refractivity contribution in [1.29, 1.82) is 0 Å². The Morgan fingerprint density at radius 3 is 2.83 bits per heavy atom. The largest absolute Gasteiger partial charge is 0.306 e. The molecular weight excluding hydrogens is 238 g/mol. The Morgan fingerprint density at radius 2 is 2.17 bits per heavy atom. The van der Waals surface area contributed by atoms with Crippen LogP contribution in [0.2, 0.25) is 0 Å². The first-order valence-electron chi connectivity index (χ1n) is 7.66. The molecule has 1 N–H and O–H groups in total. The molecule has 3 atom stereocenters. The van der Waals surface area contributed by atoms with Gasteiger partial charge in [-0.3, -0.25) is 0 Å². The highest BCUT2D eigenvalue weighted by Crippen LogP contribution is 2.44. The molecule has 0 spiro atoms. The second-order valence-electron chi connectivity index (χ2n) is 6.10. The molecule has 2 fully saturated rings. The molecule has 18 heavy (non-hydrogen) atoms. The molecule has 1 aromatic rings. The van der Waals surface area contributed by atoms with Crippen molar-refractivity contribution in [2.75, 3.05) is 0 Å². The van der Waals surface area contributed by atoms with Crippen LogP contribution < -0.4 is 5.32 Å². The number of thiophene rings is 1. The molecule has 0 aliphatic heterocycles. The van der Waals surface area contributed by atoms with Crippen LogP contribution in [0.4, 0.5) is 0 Å². The van der Waals surface area contributed by atoms with Gasteiger partial charge in [0.15, 0.2) is 0 Å². The van der Waals surface area contributed by atoms with E-state index >= 15 is 0 Å². The van der Waals surface area contributed by atoms with E-state index in [0.29, 0.717) is 6.04 Å². The van der Waals surface area contributed by atoms with E-state index < -0.39 is 0 Å². The molecule has 2 heteroatoms. The molecule has 0 aromatic carbocycles. The zero-order chi connectivity index (χ0) is 12.4. The molecule has 2 saturated carbocycles. The van der Waals surface area contributed by atoms with Gasteiger partial charge in [-0.05, 0) is 55.4 Å². The lowest BCUT2D eigenvalue weighted by atomic mass is 9.82. The van der Waals surface area contributed by atoms with Gasteiger partial charge < -0.3 is 5.32 Å². The van der Waals surface area contributed by atoms with Crippen LogP contribution in [0.1, 0.15) is 62.8 Å². The summed E-state index contributed by atoms with van der Waals surface area (Å²) >= 11 is 1.90. The number of hydrogen-bond acceptors (Lipinski definition) is 2. The average molecular weight is 263 g/mol. The highest BCUT2D eigenvalue weighted by atomic mass is 32.1. The van der Waals surface area contributed by atoms with E-state index in [4.69, 9.17) is 0 Å². The molecule has 3 rings (SSSR count). The fourth-order valence-corrected chi connectivity index (χ4v) is 4.42. The van der Waals surface area contributed by atoms with E-state index in [1.807, 2.05) is 11.3 Å². The predicted molar refractivity (Wildman–Crippen MR) is 79.0 cm³/mol. The molecule has 2 aliphatic carbocycles. The van der Waals surface area contributed by atoms with E-state index in [1.165, 1.54) is 49.8 Å². The third-order valence-electron chi connectivity index (χ3n) is 4.74. The topological polar surface area (TPSA) is 12.0 Å². The predicted octanol–water partition coefficient (Wildman–Crippen LogP) is 4.76. The molecule has 1 aromatic heterocycles. The normalized spacial score (nSPS) is 30.3. The lowest BCUT2D eigenvalue weighted by Gasteiger charge is -2.32. The molecule has 0 bridgehead atoms. The second kappa shape index (κ2) is 5.75. The van der Waals surface area contributed by atoms with Crippen molar-refractivity contribution >= 4 is 11.3 Å². The van der Waals surface area contributed by atoms with E-state index in [-0.39, 0.29) is 0 Å². The first-order valence-corrected chi connectivity index (χ1v) is 8.54. The van der Waals surface area contributed by atoms with Crippen molar-refractivity contribution in [2.24, 2.45) is 11.8 Å². The van der Waals surface area contributed by atoms with E-state index in [0.717, 1.165) is 17.9 Å². The lowest BCUT2D eigenvalue weighted by Crippen LogP contribution is -2.36. The Hall–Kier alpha value is -0.340. The molecule has 0 saturated heterocycles. The molecule has 1 heterocycles. The molecule has 2 aliphatic rings. The zero-order valence-electron chi connectivity index (χ0n) is 11.4. The Kier molecular flexibility index (Phi) is 4.05. The van der Waals surface area contributed by atoms with Crippen LogP contribution in [0.15, 0.2) is 17.5 Å².